The maximum Gasteiger partial charge on any atom is 0.118 e. The molecule has 2 aromatic rings. The molecule has 0 radical (unpaired) electrons. The number of nitrogens with zero attached hydrogens (tertiary/aromatic N) is 1. The van der Waals surface area contributed by atoms with E-state index < -0.39 is 0 Å². The van der Waals surface area contributed by atoms with Gasteiger partial charge in [0.25, 0.3) is 0 Å². The lowest BCUT2D eigenvalue weighted by molar-refractivity contribution is 0.414. The fourth-order valence-electron chi connectivity index (χ4n) is 1.19. The minimum absolute atomic E-state index is 0.883. The number of aromatic nitrogens is 1. The van der Waals surface area contributed by atoms with Crippen molar-refractivity contribution in [3.8, 4) is 5.75 Å². The second-order valence-corrected chi connectivity index (χ2v) is 4.11. The number of hydrogen-bond acceptors (Lipinski definition) is 3. The van der Waals surface area contributed by atoms with Crippen LogP contribution in [0.1, 0.15) is 0 Å². The standard InChI is InChI=1S/C12H11NOS/c1-14-10-2-4-11(5-3-10)15-12-6-8-13-9-7-12/h2-9H,1H3. The van der Waals surface area contributed by atoms with Gasteiger partial charge in [0.2, 0.25) is 0 Å². The first kappa shape index (κ1) is 10.1. The molecule has 0 saturated heterocycles. The average Bonchev–Trinajstić information content (AvgIpc) is 2.31. The fraction of sp³-hybridized carbons (Fsp3) is 0.0833. The number of pyridine rings is 1. The molecule has 0 spiro atoms. The van der Waals surface area contributed by atoms with Gasteiger partial charge in [-0.3, -0.25) is 4.98 Å². The van der Waals surface area contributed by atoms with Crippen molar-refractivity contribution < 1.29 is 4.74 Å². The van der Waals surface area contributed by atoms with Crippen LogP contribution in [0.15, 0.2) is 58.6 Å². The normalized spacial score (nSPS) is 9.93. The molecule has 15 heavy (non-hydrogen) atoms. The van der Waals surface area contributed by atoms with Gasteiger partial charge in [0, 0.05) is 22.2 Å². The summed E-state index contributed by atoms with van der Waals surface area (Å²) in [6.07, 6.45) is 3.59. The van der Waals surface area contributed by atoms with Crippen molar-refractivity contribution in [1.82, 2.24) is 4.98 Å². The highest BCUT2D eigenvalue weighted by molar-refractivity contribution is 7.99. The lowest BCUT2D eigenvalue weighted by atomic mass is 10.3. The van der Waals surface area contributed by atoms with E-state index in [9.17, 15) is 0 Å². The molecule has 0 amide bonds. The van der Waals surface area contributed by atoms with Crippen LogP contribution in [-0.2, 0) is 0 Å². The largest absolute Gasteiger partial charge is 0.497 e. The molecule has 0 unspecified atom stereocenters. The lowest BCUT2D eigenvalue weighted by Gasteiger charge is -2.02. The first-order valence-electron chi connectivity index (χ1n) is 4.60. The highest BCUT2D eigenvalue weighted by atomic mass is 32.2. The Bertz CT molecular complexity index is 413. The Balaban J connectivity index is 2.11. The van der Waals surface area contributed by atoms with Crippen LogP contribution in [0.2, 0.25) is 0 Å². The molecule has 0 saturated carbocycles. The average molecular weight is 217 g/mol. The van der Waals surface area contributed by atoms with Crippen molar-refractivity contribution in [2.75, 3.05) is 7.11 Å². The van der Waals surface area contributed by atoms with E-state index in [0.29, 0.717) is 0 Å². The van der Waals surface area contributed by atoms with Gasteiger partial charge >= 0.3 is 0 Å². The first-order valence-corrected chi connectivity index (χ1v) is 5.42. The van der Waals surface area contributed by atoms with Gasteiger partial charge in [0.15, 0.2) is 0 Å². The van der Waals surface area contributed by atoms with E-state index in [-0.39, 0.29) is 0 Å². The summed E-state index contributed by atoms with van der Waals surface area (Å²) in [7, 11) is 1.67. The van der Waals surface area contributed by atoms with E-state index in [1.807, 2.05) is 36.4 Å². The Hall–Kier alpha value is -1.48. The van der Waals surface area contributed by atoms with Gasteiger partial charge in [-0.15, -0.1) is 0 Å². The Labute approximate surface area is 93.3 Å². The van der Waals surface area contributed by atoms with Crippen molar-refractivity contribution in [2.24, 2.45) is 0 Å². The van der Waals surface area contributed by atoms with Crippen LogP contribution in [0.4, 0.5) is 0 Å². The third kappa shape index (κ3) is 2.73. The molecule has 0 fully saturated rings. The minimum atomic E-state index is 0.883. The summed E-state index contributed by atoms with van der Waals surface area (Å²) >= 11 is 1.71. The maximum absolute atomic E-state index is 5.10. The van der Waals surface area contributed by atoms with E-state index in [2.05, 4.69) is 4.98 Å². The highest BCUT2D eigenvalue weighted by Crippen LogP contribution is 2.28. The number of hydrogen-bond donors (Lipinski definition) is 0. The molecule has 0 bridgehead atoms. The molecular weight excluding hydrogens is 206 g/mol. The number of ether oxygens (including phenoxy) is 1. The van der Waals surface area contributed by atoms with E-state index in [1.54, 1.807) is 31.3 Å². The van der Waals surface area contributed by atoms with Crippen molar-refractivity contribution in [3.63, 3.8) is 0 Å². The molecule has 1 aromatic carbocycles. The quantitative estimate of drug-likeness (QED) is 0.788. The van der Waals surface area contributed by atoms with Crippen LogP contribution < -0.4 is 4.74 Å². The van der Waals surface area contributed by atoms with Crippen LogP contribution in [0.25, 0.3) is 0 Å². The molecule has 3 heteroatoms. The Kier molecular flexibility index (Phi) is 3.25. The molecule has 1 heterocycles. The molecule has 2 rings (SSSR count). The maximum atomic E-state index is 5.10. The Morgan fingerprint density at radius 3 is 2.13 bits per heavy atom. The van der Waals surface area contributed by atoms with Crippen molar-refractivity contribution in [1.29, 1.82) is 0 Å². The van der Waals surface area contributed by atoms with Crippen LogP contribution in [-0.4, -0.2) is 12.1 Å². The summed E-state index contributed by atoms with van der Waals surface area (Å²) in [6.45, 7) is 0. The molecule has 76 valence electrons. The number of rotatable bonds is 3. The van der Waals surface area contributed by atoms with Crippen LogP contribution in [0.3, 0.4) is 0 Å². The molecule has 0 atom stereocenters. The summed E-state index contributed by atoms with van der Waals surface area (Å²) in [4.78, 5) is 6.37. The minimum Gasteiger partial charge on any atom is -0.497 e. The van der Waals surface area contributed by atoms with Crippen LogP contribution in [0, 0.1) is 0 Å². The molecule has 0 aliphatic carbocycles. The highest BCUT2D eigenvalue weighted by Gasteiger charge is 1.96. The number of methoxy groups -OCH3 is 1. The van der Waals surface area contributed by atoms with E-state index in [1.165, 1.54) is 9.79 Å². The summed E-state index contributed by atoms with van der Waals surface area (Å²) in [5.41, 5.74) is 0. The van der Waals surface area contributed by atoms with Crippen molar-refractivity contribution >= 4 is 11.8 Å². The van der Waals surface area contributed by atoms with Gasteiger partial charge in [-0.2, -0.15) is 0 Å². The van der Waals surface area contributed by atoms with Gasteiger partial charge < -0.3 is 4.74 Å². The predicted octanol–water partition coefficient (Wildman–Crippen LogP) is 3.24. The fourth-order valence-corrected chi connectivity index (χ4v) is 1.99. The summed E-state index contributed by atoms with van der Waals surface area (Å²) in [5, 5.41) is 0. The smallest absolute Gasteiger partial charge is 0.118 e. The second-order valence-electron chi connectivity index (χ2n) is 2.96. The number of benzene rings is 1. The van der Waals surface area contributed by atoms with E-state index in [4.69, 9.17) is 4.74 Å². The Morgan fingerprint density at radius 1 is 0.933 bits per heavy atom. The van der Waals surface area contributed by atoms with Crippen molar-refractivity contribution in [3.05, 3.63) is 48.8 Å². The summed E-state index contributed by atoms with van der Waals surface area (Å²) in [6, 6.07) is 12.0. The molecule has 0 aliphatic heterocycles. The second kappa shape index (κ2) is 4.84. The van der Waals surface area contributed by atoms with Gasteiger partial charge in [-0.05, 0) is 36.4 Å². The SMILES string of the molecule is COc1ccc(Sc2ccncc2)cc1. The van der Waals surface area contributed by atoms with Gasteiger partial charge in [0.1, 0.15) is 5.75 Å². The Morgan fingerprint density at radius 2 is 1.53 bits per heavy atom. The monoisotopic (exact) mass is 217 g/mol. The molecule has 2 nitrogen and oxygen atoms in total. The third-order valence-electron chi connectivity index (χ3n) is 1.94. The van der Waals surface area contributed by atoms with Gasteiger partial charge in [-0.1, -0.05) is 11.8 Å². The van der Waals surface area contributed by atoms with Gasteiger partial charge in [0.05, 0.1) is 7.11 Å². The van der Waals surface area contributed by atoms with Gasteiger partial charge in [-0.25, -0.2) is 0 Å². The molecule has 0 aliphatic rings. The summed E-state index contributed by atoms with van der Waals surface area (Å²) in [5.74, 6) is 0.883. The van der Waals surface area contributed by atoms with E-state index in [0.717, 1.165) is 5.75 Å². The lowest BCUT2D eigenvalue weighted by Crippen LogP contribution is -1.81. The molecular formula is C12H11NOS. The summed E-state index contributed by atoms with van der Waals surface area (Å²) < 4.78 is 5.10. The topological polar surface area (TPSA) is 22.1 Å². The first-order chi connectivity index (χ1) is 7.38. The predicted molar refractivity (Wildman–Crippen MR) is 61.4 cm³/mol. The van der Waals surface area contributed by atoms with Crippen LogP contribution >= 0.6 is 11.8 Å². The zero-order valence-electron chi connectivity index (χ0n) is 8.38. The zero-order valence-corrected chi connectivity index (χ0v) is 9.20. The molecule has 1 aromatic heterocycles. The zero-order chi connectivity index (χ0) is 10.5. The van der Waals surface area contributed by atoms with E-state index >= 15 is 0 Å². The molecule has 0 N–H and O–H groups in total. The third-order valence-corrected chi connectivity index (χ3v) is 2.96. The van der Waals surface area contributed by atoms with Crippen LogP contribution in [0.5, 0.6) is 5.75 Å². The van der Waals surface area contributed by atoms with Crippen molar-refractivity contribution in [2.45, 2.75) is 9.79 Å².